The molecule has 7 heteroatoms. The lowest BCUT2D eigenvalue weighted by atomic mass is 10.1. The summed E-state index contributed by atoms with van der Waals surface area (Å²) < 4.78 is 6.56. The number of aromatic amines is 1. The summed E-state index contributed by atoms with van der Waals surface area (Å²) in [6.07, 6.45) is -0.354. The highest BCUT2D eigenvalue weighted by Gasteiger charge is 2.14. The number of carboxylic acid groups (broad SMARTS) is 1. The van der Waals surface area contributed by atoms with E-state index in [2.05, 4.69) is 4.98 Å². The molecular formula is C14H14N2O4S. The smallest absolute Gasteiger partial charge is 0.308 e. The number of carboxylic acids is 1. The van der Waals surface area contributed by atoms with Crippen LogP contribution in [0.15, 0.2) is 29.1 Å². The summed E-state index contributed by atoms with van der Waals surface area (Å²) in [6.45, 7) is 1.63. The van der Waals surface area contributed by atoms with Crippen LogP contribution in [0.4, 0.5) is 0 Å². The van der Waals surface area contributed by atoms with Gasteiger partial charge in [0.25, 0.3) is 5.56 Å². The third-order valence-corrected chi connectivity index (χ3v) is 3.35. The van der Waals surface area contributed by atoms with Crippen LogP contribution in [0.3, 0.4) is 0 Å². The number of benzene rings is 1. The van der Waals surface area contributed by atoms with E-state index in [1.807, 2.05) is 0 Å². The number of aryl methyl sites for hydroxylation is 1. The molecule has 0 saturated carbocycles. The molecule has 2 rings (SSSR count). The molecule has 0 atom stereocenters. The number of ether oxygens (including phenoxy) is 1. The molecule has 2 aromatic rings. The molecule has 1 aromatic heterocycles. The first-order valence-corrected chi connectivity index (χ1v) is 6.56. The average molecular weight is 306 g/mol. The molecule has 0 aliphatic heterocycles. The van der Waals surface area contributed by atoms with Crippen LogP contribution in [0.2, 0.25) is 0 Å². The largest absolute Gasteiger partial charge is 0.497 e. The van der Waals surface area contributed by atoms with Crippen LogP contribution in [0.1, 0.15) is 11.3 Å². The van der Waals surface area contributed by atoms with Gasteiger partial charge in [-0.15, -0.1) is 0 Å². The quantitative estimate of drug-likeness (QED) is 0.842. The first-order valence-electron chi connectivity index (χ1n) is 6.15. The first kappa shape index (κ1) is 15.0. The molecule has 0 fully saturated rings. The Hall–Kier alpha value is -2.41. The fraction of sp³-hybridized carbons (Fsp3) is 0.214. The second kappa shape index (κ2) is 5.92. The molecular weight excluding hydrogens is 292 g/mol. The van der Waals surface area contributed by atoms with E-state index in [4.69, 9.17) is 22.1 Å². The van der Waals surface area contributed by atoms with Gasteiger partial charge in [0.05, 0.1) is 19.2 Å². The number of rotatable bonds is 4. The molecule has 0 bridgehead atoms. The maximum atomic E-state index is 12.5. The van der Waals surface area contributed by atoms with Gasteiger partial charge in [0.2, 0.25) is 0 Å². The lowest BCUT2D eigenvalue weighted by molar-refractivity contribution is -0.136. The summed E-state index contributed by atoms with van der Waals surface area (Å²) in [5.74, 6) is -0.415. The highest BCUT2D eigenvalue weighted by Crippen LogP contribution is 2.14. The number of methoxy groups -OCH3 is 1. The van der Waals surface area contributed by atoms with Crippen LogP contribution in [0, 0.1) is 11.7 Å². The molecule has 0 radical (unpaired) electrons. The van der Waals surface area contributed by atoms with E-state index in [0.29, 0.717) is 17.1 Å². The zero-order valence-electron chi connectivity index (χ0n) is 11.5. The van der Waals surface area contributed by atoms with Gasteiger partial charge in [0.1, 0.15) is 5.75 Å². The number of H-pyrrole nitrogens is 1. The minimum Gasteiger partial charge on any atom is -0.497 e. The number of hydrogen-bond acceptors (Lipinski definition) is 4. The normalized spacial score (nSPS) is 10.4. The van der Waals surface area contributed by atoms with Gasteiger partial charge in [-0.05, 0) is 43.4 Å². The standard InChI is InChI=1S/C14H14N2O4S/c1-8-11(7-12(17)18)13(19)16(14(21)15-8)9-3-5-10(20-2)6-4-9/h3-6H,7H2,1-2H3,(H,15,21)(H,17,18). The number of nitrogens with one attached hydrogen (secondary N) is 1. The Morgan fingerprint density at radius 1 is 1.38 bits per heavy atom. The Bertz CT molecular complexity index is 790. The molecule has 0 unspecified atom stereocenters. The third kappa shape index (κ3) is 3.03. The lowest BCUT2D eigenvalue weighted by Gasteiger charge is -2.11. The van der Waals surface area contributed by atoms with Gasteiger partial charge in [-0.3, -0.25) is 14.2 Å². The van der Waals surface area contributed by atoms with E-state index in [0.717, 1.165) is 0 Å². The molecule has 0 aliphatic carbocycles. The van der Waals surface area contributed by atoms with Crippen molar-refractivity contribution in [3.63, 3.8) is 0 Å². The molecule has 110 valence electrons. The highest BCUT2D eigenvalue weighted by atomic mass is 32.1. The number of nitrogens with zero attached hydrogens (tertiary/aromatic N) is 1. The van der Waals surface area contributed by atoms with E-state index < -0.39 is 11.5 Å². The van der Waals surface area contributed by atoms with Crippen LogP contribution in [0.25, 0.3) is 5.69 Å². The molecule has 2 N–H and O–H groups in total. The Morgan fingerprint density at radius 3 is 2.52 bits per heavy atom. The zero-order valence-corrected chi connectivity index (χ0v) is 12.4. The van der Waals surface area contributed by atoms with Crippen molar-refractivity contribution in [2.24, 2.45) is 0 Å². The highest BCUT2D eigenvalue weighted by molar-refractivity contribution is 7.71. The van der Waals surface area contributed by atoms with Crippen molar-refractivity contribution in [2.75, 3.05) is 7.11 Å². The topological polar surface area (TPSA) is 84.3 Å². The summed E-state index contributed by atoms with van der Waals surface area (Å²) in [6, 6.07) is 6.77. The predicted molar refractivity (Wildman–Crippen MR) is 79.9 cm³/mol. The summed E-state index contributed by atoms with van der Waals surface area (Å²) in [4.78, 5) is 26.2. The minimum atomic E-state index is -1.07. The molecule has 1 heterocycles. The summed E-state index contributed by atoms with van der Waals surface area (Å²) in [5.41, 5.74) is 0.779. The maximum absolute atomic E-state index is 12.5. The van der Waals surface area contributed by atoms with Crippen LogP contribution in [0.5, 0.6) is 5.75 Å². The Kier molecular flexibility index (Phi) is 4.23. The molecule has 21 heavy (non-hydrogen) atoms. The van der Waals surface area contributed by atoms with E-state index in [1.54, 1.807) is 38.3 Å². The van der Waals surface area contributed by atoms with Crippen molar-refractivity contribution in [3.05, 3.63) is 50.6 Å². The Balaban J connectivity index is 2.65. The van der Waals surface area contributed by atoms with Crippen molar-refractivity contribution in [1.29, 1.82) is 0 Å². The van der Waals surface area contributed by atoms with Gasteiger partial charge in [-0.25, -0.2) is 0 Å². The number of aromatic nitrogens is 2. The first-order chi connectivity index (χ1) is 9.93. The SMILES string of the molecule is COc1ccc(-n2c(=S)[nH]c(C)c(CC(=O)O)c2=O)cc1. The number of aliphatic carboxylic acids is 1. The van der Waals surface area contributed by atoms with Crippen molar-refractivity contribution in [2.45, 2.75) is 13.3 Å². The van der Waals surface area contributed by atoms with Crippen LogP contribution < -0.4 is 10.3 Å². The van der Waals surface area contributed by atoms with Gasteiger partial charge in [0, 0.05) is 11.3 Å². The Labute approximate surface area is 125 Å². The monoisotopic (exact) mass is 306 g/mol. The van der Waals surface area contributed by atoms with E-state index in [-0.39, 0.29) is 16.8 Å². The molecule has 0 saturated heterocycles. The van der Waals surface area contributed by atoms with Crippen LogP contribution in [-0.4, -0.2) is 27.7 Å². The summed E-state index contributed by atoms with van der Waals surface area (Å²) >= 11 is 5.17. The van der Waals surface area contributed by atoms with E-state index in [9.17, 15) is 9.59 Å². The fourth-order valence-electron chi connectivity index (χ4n) is 2.00. The lowest BCUT2D eigenvalue weighted by Crippen LogP contribution is -2.27. The zero-order chi connectivity index (χ0) is 15.6. The van der Waals surface area contributed by atoms with Crippen molar-refractivity contribution < 1.29 is 14.6 Å². The van der Waals surface area contributed by atoms with E-state index in [1.165, 1.54) is 4.57 Å². The van der Waals surface area contributed by atoms with Gasteiger partial charge in [0.15, 0.2) is 4.77 Å². The third-order valence-electron chi connectivity index (χ3n) is 3.07. The molecule has 1 aromatic carbocycles. The molecule has 0 aliphatic rings. The summed E-state index contributed by atoms with van der Waals surface area (Å²) in [5, 5.41) is 8.91. The summed E-state index contributed by atoms with van der Waals surface area (Å²) in [7, 11) is 1.55. The number of hydrogen-bond donors (Lipinski definition) is 2. The van der Waals surface area contributed by atoms with Gasteiger partial charge >= 0.3 is 5.97 Å². The minimum absolute atomic E-state index is 0.187. The average Bonchev–Trinajstić information content (AvgIpc) is 2.44. The molecule has 0 spiro atoms. The van der Waals surface area contributed by atoms with Crippen LogP contribution in [-0.2, 0) is 11.2 Å². The second-order valence-corrected chi connectivity index (χ2v) is 4.83. The van der Waals surface area contributed by atoms with Crippen molar-refractivity contribution >= 4 is 18.2 Å². The molecule has 6 nitrogen and oxygen atoms in total. The fourth-order valence-corrected chi connectivity index (χ4v) is 2.35. The van der Waals surface area contributed by atoms with Gasteiger partial charge in [-0.2, -0.15) is 0 Å². The van der Waals surface area contributed by atoms with Crippen molar-refractivity contribution in [1.82, 2.24) is 9.55 Å². The maximum Gasteiger partial charge on any atom is 0.308 e. The van der Waals surface area contributed by atoms with E-state index >= 15 is 0 Å². The predicted octanol–water partition coefficient (Wildman–Crippen LogP) is 1.84. The van der Waals surface area contributed by atoms with Gasteiger partial charge in [-0.1, -0.05) is 0 Å². The van der Waals surface area contributed by atoms with Gasteiger partial charge < -0.3 is 14.8 Å². The Morgan fingerprint density at radius 2 is 2.00 bits per heavy atom. The van der Waals surface area contributed by atoms with Crippen LogP contribution >= 0.6 is 12.2 Å². The van der Waals surface area contributed by atoms with Crippen molar-refractivity contribution in [3.8, 4) is 11.4 Å². The molecule has 0 amide bonds. The number of carbonyl (C=O) groups is 1. The second-order valence-electron chi connectivity index (χ2n) is 4.44.